The Bertz CT molecular complexity index is 1190. The molecule has 192 valence electrons. The molecule has 3 aromatic rings. The van der Waals surface area contributed by atoms with E-state index in [1.54, 1.807) is 12.3 Å². The summed E-state index contributed by atoms with van der Waals surface area (Å²) < 4.78 is 19.6. The zero-order valence-electron chi connectivity index (χ0n) is 20.5. The number of ether oxygens (including phenoxy) is 1. The van der Waals surface area contributed by atoms with Crippen LogP contribution in [-0.2, 0) is 17.8 Å². The van der Waals surface area contributed by atoms with Crippen LogP contribution in [0.2, 0.25) is 10.0 Å². The van der Waals surface area contributed by atoms with Crippen molar-refractivity contribution in [2.75, 3.05) is 32.0 Å². The fourth-order valence-electron chi connectivity index (χ4n) is 3.74. The van der Waals surface area contributed by atoms with Gasteiger partial charge in [-0.05, 0) is 54.0 Å². The number of nitrogens with one attached hydrogen (secondary N) is 1. The number of hydrogen-bond acceptors (Lipinski definition) is 5. The summed E-state index contributed by atoms with van der Waals surface area (Å²) in [7, 11) is 0. The molecule has 1 aromatic heterocycles. The summed E-state index contributed by atoms with van der Waals surface area (Å²) in [6.07, 6.45) is 2.45. The first-order valence-corrected chi connectivity index (χ1v) is 12.7. The Balaban J connectivity index is 1.62. The van der Waals surface area contributed by atoms with E-state index < -0.39 is 5.82 Å². The monoisotopic (exact) mass is 532 g/mol. The van der Waals surface area contributed by atoms with Crippen molar-refractivity contribution in [3.63, 3.8) is 0 Å². The minimum Gasteiger partial charge on any atom is -0.489 e. The molecular formula is C27H31Cl2FN4O2. The first-order valence-electron chi connectivity index (χ1n) is 11.9. The number of anilines is 1. The molecule has 9 heteroatoms. The number of nitrogens with zero attached hydrogens (tertiary/aromatic N) is 2. The van der Waals surface area contributed by atoms with Gasteiger partial charge in [0.1, 0.15) is 5.82 Å². The fourth-order valence-corrected chi connectivity index (χ4v) is 4.30. The molecule has 1 heterocycles. The van der Waals surface area contributed by atoms with Crippen molar-refractivity contribution >= 4 is 34.9 Å². The van der Waals surface area contributed by atoms with Crippen molar-refractivity contribution < 1.29 is 13.9 Å². The Hall–Kier alpha value is -2.87. The zero-order chi connectivity index (χ0) is 26.1. The molecule has 0 spiro atoms. The third-order valence-electron chi connectivity index (χ3n) is 5.93. The number of carbonyl (C=O) groups excluding carboxylic acids is 1. The van der Waals surface area contributed by atoms with Crippen molar-refractivity contribution in [1.29, 1.82) is 0 Å². The van der Waals surface area contributed by atoms with Crippen LogP contribution in [0.4, 0.5) is 10.2 Å². The molecule has 6 nitrogen and oxygen atoms in total. The van der Waals surface area contributed by atoms with E-state index in [9.17, 15) is 9.18 Å². The van der Waals surface area contributed by atoms with Crippen molar-refractivity contribution in [1.82, 2.24) is 15.2 Å². The molecule has 0 unspecified atom stereocenters. The van der Waals surface area contributed by atoms with Gasteiger partial charge in [0.15, 0.2) is 11.6 Å². The minimum absolute atomic E-state index is 0.0112. The highest BCUT2D eigenvalue weighted by molar-refractivity contribution is 6.36. The number of benzene rings is 2. The van der Waals surface area contributed by atoms with Gasteiger partial charge in [-0.3, -0.25) is 4.79 Å². The summed E-state index contributed by atoms with van der Waals surface area (Å²) in [6, 6.07) is 12.3. The Kier molecular flexibility index (Phi) is 10.3. The largest absolute Gasteiger partial charge is 0.489 e. The van der Waals surface area contributed by atoms with Crippen LogP contribution in [0.1, 0.15) is 31.4 Å². The lowest BCUT2D eigenvalue weighted by molar-refractivity contribution is -0.121. The highest BCUT2D eigenvalue weighted by atomic mass is 35.5. The Labute approximate surface area is 221 Å². The summed E-state index contributed by atoms with van der Waals surface area (Å²) in [5, 5.41) is 3.35. The van der Waals surface area contributed by atoms with E-state index in [1.165, 1.54) is 12.1 Å². The van der Waals surface area contributed by atoms with E-state index in [4.69, 9.17) is 33.7 Å². The number of nitrogens with two attached hydrogens (primary N) is 1. The van der Waals surface area contributed by atoms with Crippen LogP contribution < -0.4 is 15.8 Å². The number of carbonyl (C=O) groups is 1. The minimum atomic E-state index is -0.529. The number of hydrogen-bond donors (Lipinski definition) is 2. The van der Waals surface area contributed by atoms with Gasteiger partial charge in [0, 0.05) is 42.7 Å². The van der Waals surface area contributed by atoms with Crippen LogP contribution in [0.3, 0.4) is 0 Å². The normalized spacial score (nSPS) is 11.1. The Morgan fingerprint density at radius 2 is 1.92 bits per heavy atom. The molecule has 3 rings (SSSR count). The van der Waals surface area contributed by atoms with Crippen LogP contribution in [0.5, 0.6) is 5.75 Å². The molecule has 2 aromatic carbocycles. The van der Waals surface area contributed by atoms with Crippen molar-refractivity contribution in [2.24, 2.45) is 0 Å². The molecule has 0 aliphatic rings. The molecule has 0 saturated heterocycles. The van der Waals surface area contributed by atoms with E-state index in [-0.39, 0.29) is 23.4 Å². The lowest BCUT2D eigenvalue weighted by Crippen LogP contribution is -2.30. The average Bonchev–Trinajstić information content (AvgIpc) is 2.89. The number of aromatic nitrogens is 1. The first kappa shape index (κ1) is 27.7. The molecule has 0 atom stereocenters. The summed E-state index contributed by atoms with van der Waals surface area (Å²) in [6.45, 7) is 7.41. The number of pyridine rings is 1. The van der Waals surface area contributed by atoms with Crippen LogP contribution >= 0.6 is 23.2 Å². The summed E-state index contributed by atoms with van der Waals surface area (Å²) in [4.78, 5) is 18.7. The maximum atomic E-state index is 13.8. The van der Waals surface area contributed by atoms with E-state index in [1.807, 2.05) is 24.3 Å². The number of amides is 1. The quantitative estimate of drug-likeness (QED) is 0.290. The molecule has 0 saturated carbocycles. The Morgan fingerprint density at radius 1 is 1.14 bits per heavy atom. The van der Waals surface area contributed by atoms with Crippen LogP contribution in [0.15, 0.2) is 48.7 Å². The van der Waals surface area contributed by atoms with Gasteiger partial charge in [0.2, 0.25) is 5.91 Å². The van der Waals surface area contributed by atoms with Crippen molar-refractivity contribution in [3.05, 3.63) is 75.7 Å². The highest BCUT2D eigenvalue weighted by Crippen LogP contribution is 2.30. The van der Waals surface area contributed by atoms with Crippen LogP contribution in [0, 0.1) is 5.82 Å². The molecule has 1 amide bonds. The molecular weight excluding hydrogens is 502 g/mol. The SMILES string of the molecule is CCN(CC)CCC(=O)NCc1cccc(-c2cnc(N)c(OCCc3c(Cl)ccc(F)c3Cl)c2)c1. The van der Waals surface area contributed by atoms with Gasteiger partial charge >= 0.3 is 0 Å². The highest BCUT2D eigenvalue weighted by Gasteiger charge is 2.12. The third kappa shape index (κ3) is 7.56. The molecule has 3 N–H and O–H groups in total. The number of nitrogen functional groups attached to an aromatic ring is 1. The lowest BCUT2D eigenvalue weighted by Gasteiger charge is -2.17. The Morgan fingerprint density at radius 3 is 2.67 bits per heavy atom. The van der Waals surface area contributed by atoms with Gasteiger partial charge in [-0.2, -0.15) is 0 Å². The van der Waals surface area contributed by atoms with E-state index in [0.717, 1.165) is 36.3 Å². The van der Waals surface area contributed by atoms with Crippen LogP contribution in [-0.4, -0.2) is 42.0 Å². The van der Waals surface area contributed by atoms with Crippen LogP contribution in [0.25, 0.3) is 11.1 Å². The lowest BCUT2D eigenvalue weighted by atomic mass is 10.0. The second-order valence-electron chi connectivity index (χ2n) is 8.28. The standard InChI is InChI=1S/C27H31Cl2FN4O2/c1-3-34(4-2)12-10-25(35)32-16-18-6-5-7-19(14-18)20-15-24(27(31)33-17-20)36-13-11-21-22(28)8-9-23(30)26(21)29/h5-9,14-15,17H,3-4,10-13,16H2,1-2H3,(H2,31,33)(H,32,35). The molecule has 0 fully saturated rings. The number of rotatable bonds is 12. The smallest absolute Gasteiger partial charge is 0.221 e. The van der Waals surface area contributed by atoms with Gasteiger partial charge < -0.3 is 20.7 Å². The second-order valence-corrected chi connectivity index (χ2v) is 9.07. The maximum absolute atomic E-state index is 13.8. The summed E-state index contributed by atoms with van der Waals surface area (Å²) in [5.74, 6) is 0.146. The topological polar surface area (TPSA) is 80.5 Å². The summed E-state index contributed by atoms with van der Waals surface area (Å²) in [5.41, 5.74) is 9.19. The average molecular weight is 533 g/mol. The molecule has 0 bridgehead atoms. The zero-order valence-corrected chi connectivity index (χ0v) is 22.0. The first-order chi connectivity index (χ1) is 17.3. The van der Waals surface area contributed by atoms with Gasteiger partial charge in [-0.1, -0.05) is 55.2 Å². The van der Waals surface area contributed by atoms with Gasteiger partial charge in [0.05, 0.1) is 11.6 Å². The third-order valence-corrected chi connectivity index (χ3v) is 6.69. The van der Waals surface area contributed by atoms with Gasteiger partial charge in [0.25, 0.3) is 0 Å². The predicted octanol–water partition coefficient (Wildman–Crippen LogP) is 5.75. The van der Waals surface area contributed by atoms with E-state index in [2.05, 4.69) is 29.0 Å². The van der Waals surface area contributed by atoms with E-state index >= 15 is 0 Å². The number of halogens is 3. The van der Waals surface area contributed by atoms with E-state index in [0.29, 0.717) is 35.7 Å². The summed E-state index contributed by atoms with van der Waals surface area (Å²) >= 11 is 12.2. The van der Waals surface area contributed by atoms with Crippen molar-refractivity contribution in [2.45, 2.75) is 33.2 Å². The molecule has 0 aliphatic heterocycles. The van der Waals surface area contributed by atoms with Gasteiger partial charge in [-0.15, -0.1) is 0 Å². The maximum Gasteiger partial charge on any atom is 0.221 e. The second kappa shape index (κ2) is 13.4. The van der Waals surface area contributed by atoms with Gasteiger partial charge in [-0.25, -0.2) is 9.37 Å². The molecule has 36 heavy (non-hydrogen) atoms. The molecule has 0 radical (unpaired) electrons. The predicted molar refractivity (Wildman–Crippen MR) is 144 cm³/mol. The van der Waals surface area contributed by atoms with Crippen molar-refractivity contribution in [3.8, 4) is 16.9 Å². The fraction of sp³-hybridized carbons (Fsp3) is 0.333. The molecule has 0 aliphatic carbocycles.